The van der Waals surface area contributed by atoms with Crippen LogP contribution in [0.15, 0.2) is 12.1 Å². The fraction of sp³-hybridized carbons (Fsp3) is 0.677. The van der Waals surface area contributed by atoms with Crippen molar-refractivity contribution in [1.82, 2.24) is 15.5 Å². The van der Waals surface area contributed by atoms with Crippen molar-refractivity contribution >= 4 is 23.7 Å². The lowest BCUT2D eigenvalue weighted by molar-refractivity contribution is -0.148. The van der Waals surface area contributed by atoms with Gasteiger partial charge in [-0.05, 0) is 55.6 Å². The minimum Gasteiger partial charge on any atom is -0.478 e. The third kappa shape index (κ3) is 8.28. The molecule has 1 saturated heterocycles. The number of rotatable bonds is 12. The van der Waals surface area contributed by atoms with Crippen molar-refractivity contribution in [3.8, 4) is 0 Å². The molecule has 4 rings (SSSR count). The second kappa shape index (κ2) is 15.2. The zero-order valence-electron chi connectivity index (χ0n) is 24.6. The van der Waals surface area contributed by atoms with E-state index in [4.69, 9.17) is 5.11 Å². The molecule has 3 aliphatic rings. The number of halogens is 4. The highest BCUT2D eigenvalue weighted by Crippen LogP contribution is 2.39. The molecular formula is C31H41F4N3O6. The van der Waals surface area contributed by atoms with E-state index in [1.807, 2.05) is 0 Å². The van der Waals surface area contributed by atoms with Crippen molar-refractivity contribution in [2.45, 2.75) is 102 Å². The number of benzene rings is 1. The van der Waals surface area contributed by atoms with Gasteiger partial charge in [-0.3, -0.25) is 14.4 Å². The highest BCUT2D eigenvalue weighted by molar-refractivity contribution is 5.93. The lowest BCUT2D eigenvalue weighted by Crippen LogP contribution is -2.55. The number of carbonyl (C=O) groups excluding carboxylic acids is 3. The van der Waals surface area contributed by atoms with Crippen LogP contribution in [0.5, 0.6) is 0 Å². The maximum absolute atomic E-state index is 14.3. The smallest absolute Gasteiger partial charge is 0.335 e. The van der Waals surface area contributed by atoms with Crippen LogP contribution in [0.2, 0.25) is 0 Å². The molecule has 2 saturated carbocycles. The van der Waals surface area contributed by atoms with Gasteiger partial charge in [-0.2, -0.15) is 0 Å². The Morgan fingerprint density at radius 2 is 1.55 bits per heavy atom. The number of aliphatic hydroxyl groups is 1. The summed E-state index contributed by atoms with van der Waals surface area (Å²) in [4.78, 5) is 52.3. The Morgan fingerprint density at radius 3 is 2.14 bits per heavy atom. The number of hydrogen-bond acceptors (Lipinski definition) is 5. The second-order valence-electron chi connectivity index (χ2n) is 12.3. The molecule has 0 spiro atoms. The number of likely N-dealkylation sites (tertiary alicyclic amines) is 1. The van der Waals surface area contributed by atoms with Crippen molar-refractivity contribution in [2.24, 2.45) is 17.8 Å². The predicted octanol–water partition coefficient (Wildman–Crippen LogP) is 3.81. The predicted molar refractivity (Wildman–Crippen MR) is 151 cm³/mol. The summed E-state index contributed by atoms with van der Waals surface area (Å²) in [6.45, 7) is -0.102. The zero-order valence-corrected chi connectivity index (χ0v) is 24.6. The third-order valence-electron chi connectivity index (χ3n) is 9.44. The van der Waals surface area contributed by atoms with Gasteiger partial charge in [0, 0.05) is 25.1 Å². The van der Waals surface area contributed by atoms with Crippen LogP contribution in [0.25, 0.3) is 0 Å². The van der Waals surface area contributed by atoms with Crippen LogP contribution < -0.4 is 10.6 Å². The van der Waals surface area contributed by atoms with Crippen LogP contribution in [0, 0.1) is 29.4 Å². The molecule has 13 heteroatoms. The van der Waals surface area contributed by atoms with Crippen LogP contribution in [0.4, 0.5) is 17.6 Å². The number of carbonyl (C=O) groups is 4. The molecule has 2 aliphatic carbocycles. The third-order valence-corrected chi connectivity index (χ3v) is 9.44. The Labute approximate surface area is 253 Å². The van der Waals surface area contributed by atoms with Crippen LogP contribution in [-0.4, -0.2) is 76.5 Å². The Morgan fingerprint density at radius 1 is 0.932 bits per heavy atom. The molecule has 244 valence electrons. The first-order valence-corrected chi connectivity index (χ1v) is 15.5. The number of alkyl halides is 2. The first-order chi connectivity index (χ1) is 21.0. The average molecular weight is 628 g/mol. The Balaban J connectivity index is 1.43. The molecule has 9 nitrogen and oxygen atoms in total. The second-order valence-corrected chi connectivity index (χ2v) is 12.3. The lowest BCUT2D eigenvalue weighted by atomic mass is 9.84. The Hall–Kier alpha value is -3.22. The molecule has 0 bridgehead atoms. The van der Waals surface area contributed by atoms with Gasteiger partial charge < -0.3 is 25.7 Å². The summed E-state index contributed by atoms with van der Waals surface area (Å²) in [6, 6.07) is -1.44. The molecule has 1 aromatic carbocycles. The van der Waals surface area contributed by atoms with Gasteiger partial charge in [0.1, 0.15) is 29.8 Å². The normalized spacial score (nSPS) is 22.6. The fourth-order valence-electron chi connectivity index (χ4n) is 7.03. The molecule has 1 aliphatic heterocycles. The van der Waals surface area contributed by atoms with Gasteiger partial charge in [0.15, 0.2) is 0 Å². The number of carboxylic acids is 1. The van der Waals surface area contributed by atoms with E-state index >= 15 is 0 Å². The molecule has 44 heavy (non-hydrogen) atoms. The molecule has 3 amide bonds. The van der Waals surface area contributed by atoms with Crippen molar-refractivity contribution in [3.63, 3.8) is 0 Å². The van der Waals surface area contributed by atoms with Crippen LogP contribution in [0.3, 0.4) is 0 Å². The summed E-state index contributed by atoms with van der Waals surface area (Å²) >= 11 is 0. The molecule has 4 atom stereocenters. The number of nitrogens with zero attached hydrogens (tertiary/aromatic N) is 1. The molecule has 1 heterocycles. The highest BCUT2D eigenvalue weighted by atomic mass is 19.3. The molecular weight excluding hydrogens is 586 g/mol. The lowest BCUT2D eigenvalue weighted by Gasteiger charge is -2.32. The van der Waals surface area contributed by atoms with E-state index < -0.39 is 83.9 Å². The van der Waals surface area contributed by atoms with Gasteiger partial charge in [-0.15, -0.1) is 0 Å². The summed E-state index contributed by atoms with van der Waals surface area (Å²) in [7, 11) is 0. The number of aromatic carboxylic acids is 1. The first kappa shape index (κ1) is 33.7. The van der Waals surface area contributed by atoms with E-state index in [2.05, 4.69) is 10.6 Å². The summed E-state index contributed by atoms with van der Waals surface area (Å²) in [5.41, 5.74) is -1.08. The van der Waals surface area contributed by atoms with Crippen molar-refractivity contribution in [1.29, 1.82) is 0 Å². The van der Waals surface area contributed by atoms with E-state index in [0.717, 1.165) is 44.9 Å². The van der Waals surface area contributed by atoms with E-state index in [-0.39, 0.29) is 24.9 Å². The SMILES string of the molecule is O=C(O)c1cc(F)c(CCNC(=O)[C@H](CC(F)F)NC(=O)[C@H]2C[C@@H](C3CCCC3)CN2C(=O)[C@@H](O)C2CCCCC2)c(F)c1. The highest BCUT2D eigenvalue weighted by Gasteiger charge is 2.46. The van der Waals surface area contributed by atoms with E-state index in [1.165, 1.54) is 4.90 Å². The van der Waals surface area contributed by atoms with Gasteiger partial charge in [0.25, 0.3) is 5.91 Å². The van der Waals surface area contributed by atoms with Gasteiger partial charge >= 0.3 is 5.97 Å². The summed E-state index contributed by atoms with van der Waals surface area (Å²) < 4.78 is 55.5. The summed E-state index contributed by atoms with van der Waals surface area (Å²) in [5, 5.41) is 24.6. The van der Waals surface area contributed by atoms with Crippen molar-refractivity contribution < 1.29 is 47.0 Å². The van der Waals surface area contributed by atoms with E-state index in [9.17, 15) is 41.8 Å². The minimum absolute atomic E-state index is 0.00967. The molecule has 3 fully saturated rings. The molecule has 0 aromatic heterocycles. The summed E-state index contributed by atoms with van der Waals surface area (Å²) in [5.74, 6) is -5.99. The standard InChI is InChI=1S/C31H41F4N3O6/c32-22-12-19(31(43)44)13-23(33)21(22)10-11-36-28(40)24(15-26(34)35)37-29(41)25-14-20(17-6-4-5-7-17)16-38(25)30(42)27(39)18-8-2-1-3-9-18/h12-13,17-18,20,24-27,39H,1-11,14-16H2,(H,36,40)(H,37,41)(H,43,44)/t20-,24+,25-,27+/m1/s1. The van der Waals surface area contributed by atoms with Gasteiger partial charge in [-0.1, -0.05) is 44.9 Å². The zero-order chi connectivity index (χ0) is 32.0. The van der Waals surface area contributed by atoms with Gasteiger partial charge in [0.2, 0.25) is 18.2 Å². The van der Waals surface area contributed by atoms with E-state index in [0.29, 0.717) is 37.3 Å². The number of nitrogens with one attached hydrogen (secondary N) is 2. The Kier molecular flexibility index (Phi) is 11.6. The molecule has 1 aromatic rings. The van der Waals surface area contributed by atoms with E-state index in [1.54, 1.807) is 0 Å². The first-order valence-electron chi connectivity index (χ1n) is 15.5. The number of carboxylic acid groups (broad SMARTS) is 1. The van der Waals surface area contributed by atoms with Gasteiger partial charge in [-0.25, -0.2) is 22.4 Å². The quantitative estimate of drug-likeness (QED) is 0.261. The Bertz CT molecular complexity index is 1180. The minimum atomic E-state index is -2.97. The topological polar surface area (TPSA) is 136 Å². The van der Waals surface area contributed by atoms with Gasteiger partial charge in [0.05, 0.1) is 5.56 Å². The molecule has 0 radical (unpaired) electrons. The number of hydrogen-bond donors (Lipinski definition) is 4. The van der Waals surface area contributed by atoms with Crippen molar-refractivity contribution in [3.05, 3.63) is 34.9 Å². The van der Waals surface area contributed by atoms with Crippen LogP contribution in [0.1, 0.15) is 86.6 Å². The fourth-order valence-corrected chi connectivity index (χ4v) is 7.03. The summed E-state index contributed by atoms with van der Waals surface area (Å²) in [6.07, 6.45) is 2.91. The average Bonchev–Trinajstić information content (AvgIpc) is 3.68. The number of aliphatic hydroxyl groups excluding tert-OH is 1. The monoisotopic (exact) mass is 627 g/mol. The molecule has 4 N–H and O–H groups in total. The van der Waals surface area contributed by atoms with Crippen LogP contribution in [-0.2, 0) is 20.8 Å². The largest absolute Gasteiger partial charge is 0.478 e. The maximum atomic E-state index is 14.3. The maximum Gasteiger partial charge on any atom is 0.335 e. The molecule has 0 unspecified atom stereocenters. The number of amides is 3. The van der Waals surface area contributed by atoms with Crippen LogP contribution >= 0.6 is 0 Å². The van der Waals surface area contributed by atoms with Crippen molar-refractivity contribution in [2.75, 3.05) is 13.1 Å².